The topological polar surface area (TPSA) is 87.8 Å². The van der Waals surface area contributed by atoms with E-state index in [0.717, 1.165) is 11.8 Å². The van der Waals surface area contributed by atoms with Crippen molar-refractivity contribution in [2.24, 2.45) is 0 Å². The number of carbonyl (C=O) groups excluding carboxylic acids is 1. The first kappa shape index (κ1) is 20.7. The molecule has 0 aliphatic rings. The maximum atomic E-state index is 13.2. The molecule has 4 aromatic rings. The van der Waals surface area contributed by atoms with Crippen LogP contribution in [-0.2, 0) is 4.79 Å². The fourth-order valence-electron chi connectivity index (χ4n) is 3.05. The number of fused-ring (bicyclic) bond motifs is 1. The minimum Gasteiger partial charge on any atom is -0.325 e. The zero-order valence-electron chi connectivity index (χ0n) is 16.1. The van der Waals surface area contributed by atoms with Crippen LogP contribution in [0.5, 0.6) is 0 Å². The van der Waals surface area contributed by atoms with E-state index < -0.39 is 0 Å². The highest BCUT2D eigenvalue weighted by Gasteiger charge is 2.16. The van der Waals surface area contributed by atoms with Gasteiger partial charge in [0, 0.05) is 5.69 Å². The number of benzene rings is 3. The van der Waals surface area contributed by atoms with Crippen LogP contribution in [0.2, 0.25) is 5.02 Å². The highest BCUT2D eigenvalue weighted by atomic mass is 35.5. The number of hydrogen-bond acceptors (Lipinski definition) is 5. The van der Waals surface area contributed by atoms with Crippen molar-refractivity contribution in [2.45, 2.75) is 5.16 Å². The van der Waals surface area contributed by atoms with Crippen molar-refractivity contribution in [3.63, 3.8) is 0 Å². The predicted octanol–water partition coefficient (Wildman–Crippen LogP) is 4.64. The molecule has 0 bridgehead atoms. The lowest BCUT2D eigenvalue weighted by molar-refractivity contribution is -0.113. The molecule has 0 atom stereocenters. The van der Waals surface area contributed by atoms with Crippen LogP contribution in [-0.4, -0.2) is 21.2 Å². The first-order chi connectivity index (χ1) is 15.1. The van der Waals surface area contributed by atoms with Gasteiger partial charge in [-0.25, -0.2) is 4.98 Å². The first-order valence-electron chi connectivity index (χ1n) is 9.26. The second-order valence-electron chi connectivity index (χ2n) is 6.53. The molecule has 0 fully saturated rings. The Morgan fingerprint density at radius 3 is 2.68 bits per heavy atom. The van der Waals surface area contributed by atoms with Crippen LogP contribution in [0.25, 0.3) is 16.6 Å². The average Bonchev–Trinajstić information content (AvgIpc) is 2.79. The van der Waals surface area contributed by atoms with Gasteiger partial charge in [-0.1, -0.05) is 53.7 Å². The summed E-state index contributed by atoms with van der Waals surface area (Å²) in [6.07, 6.45) is 0. The van der Waals surface area contributed by atoms with Crippen molar-refractivity contribution in [3.8, 4) is 11.8 Å². The highest BCUT2D eigenvalue weighted by Crippen LogP contribution is 2.25. The minimum absolute atomic E-state index is 0.0199. The molecule has 1 amide bonds. The molecule has 0 radical (unpaired) electrons. The molecule has 3 aromatic carbocycles. The van der Waals surface area contributed by atoms with E-state index in [4.69, 9.17) is 16.9 Å². The van der Waals surface area contributed by atoms with E-state index in [-0.39, 0.29) is 17.2 Å². The standard InChI is InChI=1S/C23H15ClN4O2S/c24-18-9-2-4-11-20(18)28-22(30)17-8-1-3-10-19(17)27-23(28)31-14-21(29)26-16-7-5-6-15(12-16)13-25/h1-12H,14H2,(H,26,29). The number of anilines is 1. The smallest absolute Gasteiger partial charge is 0.266 e. The van der Waals surface area contributed by atoms with Crippen molar-refractivity contribution < 1.29 is 4.79 Å². The van der Waals surface area contributed by atoms with Gasteiger partial charge in [-0.15, -0.1) is 0 Å². The van der Waals surface area contributed by atoms with Gasteiger partial charge in [-0.2, -0.15) is 5.26 Å². The van der Waals surface area contributed by atoms with Gasteiger partial charge in [0.2, 0.25) is 5.91 Å². The van der Waals surface area contributed by atoms with Crippen molar-refractivity contribution in [3.05, 3.63) is 93.7 Å². The molecule has 8 heteroatoms. The zero-order valence-corrected chi connectivity index (χ0v) is 17.7. The first-order valence-corrected chi connectivity index (χ1v) is 10.6. The van der Waals surface area contributed by atoms with Gasteiger partial charge in [-0.3, -0.25) is 14.2 Å². The number of aromatic nitrogens is 2. The van der Waals surface area contributed by atoms with Crippen LogP contribution in [0, 0.1) is 11.3 Å². The van der Waals surface area contributed by atoms with E-state index >= 15 is 0 Å². The van der Waals surface area contributed by atoms with Gasteiger partial charge in [-0.05, 0) is 42.5 Å². The molecule has 4 rings (SSSR count). The van der Waals surface area contributed by atoms with E-state index in [9.17, 15) is 9.59 Å². The normalized spacial score (nSPS) is 10.6. The number of hydrogen-bond donors (Lipinski definition) is 1. The Hall–Kier alpha value is -3.60. The largest absolute Gasteiger partial charge is 0.325 e. The van der Waals surface area contributed by atoms with Crippen molar-refractivity contribution in [1.29, 1.82) is 5.26 Å². The van der Waals surface area contributed by atoms with Gasteiger partial charge in [0.25, 0.3) is 5.56 Å². The van der Waals surface area contributed by atoms with Crippen LogP contribution >= 0.6 is 23.4 Å². The summed E-state index contributed by atoms with van der Waals surface area (Å²) in [7, 11) is 0. The van der Waals surface area contributed by atoms with E-state index in [0.29, 0.717) is 38.0 Å². The van der Waals surface area contributed by atoms with Gasteiger partial charge < -0.3 is 5.32 Å². The number of halogens is 1. The van der Waals surface area contributed by atoms with Gasteiger partial charge in [0.05, 0.1) is 39.0 Å². The Morgan fingerprint density at radius 2 is 1.87 bits per heavy atom. The molecule has 31 heavy (non-hydrogen) atoms. The van der Waals surface area contributed by atoms with E-state index in [2.05, 4.69) is 10.3 Å². The van der Waals surface area contributed by atoms with E-state index in [1.807, 2.05) is 6.07 Å². The van der Waals surface area contributed by atoms with E-state index in [1.165, 1.54) is 4.57 Å². The number of nitrogens with one attached hydrogen (secondary N) is 1. The third-order valence-electron chi connectivity index (χ3n) is 4.45. The molecule has 0 saturated carbocycles. The molecule has 1 heterocycles. The summed E-state index contributed by atoms with van der Waals surface area (Å²) in [4.78, 5) is 30.3. The number of rotatable bonds is 5. The molecule has 1 N–H and O–H groups in total. The molecular weight excluding hydrogens is 432 g/mol. The summed E-state index contributed by atoms with van der Waals surface area (Å²) in [5.41, 5.74) is 1.76. The molecule has 1 aromatic heterocycles. The lowest BCUT2D eigenvalue weighted by Crippen LogP contribution is -2.23. The number of nitrogens with zero attached hydrogens (tertiary/aromatic N) is 3. The third kappa shape index (κ3) is 4.45. The fraction of sp³-hybridized carbons (Fsp3) is 0.0435. The fourth-order valence-corrected chi connectivity index (χ4v) is 4.07. The van der Waals surface area contributed by atoms with Crippen LogP contribution in [0.3, 0.4) is 0 Å². The Labute approximate surface area is 187 Å². The summed E-state index contributed by atoms with van der Waals surface area (Å²) in [5, 5.41) is 13.0. The number of amides is 1. The molecule has 6 nitrogen and oxygen atoms in total. The summed E-state index contributed by atoms with van der Waals surface area (Å²) >= 11 is 7.48. The lowest BCUT2D eigenvalue weighted by atomic mass is 10.2. The van der Waals surface area contributed by atoms with Crippen LogP contribution in [0.15, 0.2) is 82.7 Å². The number of carbonyl (C=O) groups is 1. The van der Waals surface area contributed by atoms with Crippen LogP contribution in [0.1, 0.15) is 5.56 Å². The SMILES string of the molecule is N#Cc1cccc(NC(=O)CSc2nc3ccccc3c(=O)n2-c2ccccc2Cl)c1. The van der Waals surface area contributed by atoms with Gasteiger partial charge >= 0.3 is 0 Å². The van der Waals surface area contributed by atoms with Crippen LogP contribution < -0.4 is 10.9 Å². The monoisotopic (exact) mass is 446 g/mol. The van der Waals surface area contributed by atoms with Gasteiger partial charge in [0.1, 0.15) is 0 Å². The Kier molecular flexibility index (Phi) is 6.03. The van der Waals surface area contributed by atoms with Gasteiger partial charge in [0.15, 0.2) is 5.16 Å². The highest BCUT2D eigenvalue weighted by molar-refractivity contribution is 7.99. The summed E-state index contributed by atoms with van der Waals surface area (Å²) in [5.74, 6) is -0.264. The zero-order chi connectivity index (χ0) is 21.8. The molecule has 0 unspecified atom stereocenters. The van der Waals surface area contributed by atoms with Crippen molar-refractivity contribution in [1.82, 2.24) is 9.55 Å². The minimum atomic E-state index is -0.284. The maximum absolute atomic E-state index is 13.2. The third-order valence-corrected chi connectivity index (χ3v) is 5.70. The molecular formula is C23H15ClN4O2S. The number of nitriles is 1. The molecule has 0 aliphatic heterocycles. The summed E-state index contributed by atoms with van der Waals surface area (Å²) in [6, 6.07) is 22.7. The Balaban J connectivity index is 1.67. The quantitative estimate of drug-likeness (QED) is 0.356. The molecule has 0 saturated heterocycles. The second-order valence-corrected chi connectivity index (χ2v) is 7.88. The number of para-hydroxylation sites is 2. The Bertz CT molecular complexity index is 1390. The molecule has 0 aliphatic carbocycles. The summed E-state index contributed by atoms with van der Waals surface area (Å²) in [6.45, 7) is 0. The van der Waals surface area contributed by atoms with E-state index in [1.54, 1.807) is 72.8 Å². The van der Waals surface area contributed by atoms with Crippen molar-refractivity contribution in [2.75, 3.05) is 11.1 Å². The second kappa shape index (κ2) is 9.04. The Morgan fingerprint density at radius 1 is 1.10 bits per heavy atom. The predicted molar refractivity (Wildman–Crippen MR) is 123 cm³/mol. The van der Waals surface area contributed by atoms with Crippen molar-refractivity contribution >= 4 is 45.9 Å². The molecule has 0 spiro atoms. The molecule has 152 valence electrons. The maximum Gasteiger partial charge on any atom is 0.266 e. The number of thioether (sulfide) groups is 1. The lowest BCUT2D eigenvalue weighted by Gasteiger charge is -2.14. The average molecular weight is 447 g/mol. The van der Waals surface area contributed by atoms with Crippen LogP contribution in [0.4, 0.5) is 5.69 Å². The summed E-state index contributed by atoms with van der Waals surface area (Å²) < 4.78 is 1.43.